The summed E-state index contributed by atoms with van der Waals surface area (Å²) in [6.45, 7) is 6.76. The molecule has 0 amide bonds. The lowest BCUT2D eigenvalue weighted by Gasteiger charge is -2.41. The van der Waals surface area contributed by atoms with Crippen molar-refractivity contribution in [3.05, 3.63) is 11.3 Å². The Balaban J connectivity index is 2.35. The first kappa shape index (κ1) is 15.8. The fourth-order valence-corrected chi connectivity index (χ4v) is 4.65. The maximum absolute atomic E-state index is 12.7. The van der Waals surface area contributed by atoms with Crippen LogP contribution in [0, 0.1) is 6.92 Å². The van der Waals surface area contributed by atoms with Gasteiger partial charge >= 0.3 is 0 Å². The van der Waals surface area contributed by atoms with E-state index in [9.17, 15) is 8.42 Å². The largest absolute Gasteiger partial charge is 0.298 e. The van der Waals surface area contributed by atoms with Gasteiger partial charge in [-0.15, -0.1) is 11.6 Å². The lowest BCUT2D eigenvalue weighted by atomic mass is 10.1. The predicted molar refractivity (Wildman–Crippen MR) is 78.3 cm³/mol. The Bertz CT molecular complexity index is 574. The maximum atomic E-state index is 12.7. The Kier molecular flexibility index (Phi) is 4.44. The molecule has 0 aliphatic carbocycles. The number of aromatic amines is 1. The second-order valence-electron chi connectivity index (χ2n) is 5.45. The summed E-state index contributed by atoms with van der Waals surface area (Å²) in [6, 6.07) is 0.348. The topological polar surface area (TPSA) is 69.3 Å². The van der Waals surface area contributed by atoms with Crippen molar-refractivity contribution < 1.29 is 8.42 Å². The smallest absolute Gasteiger partial charge is 0.262 e. The molecule has 1 fully saturated rings. The summed E-state index contributed by atoms with van der Waals surface area (Å²) in [5.41, 5.74) is 1.26. The van der Waals surface area contributed by atoms with Crippen molar-refractivity contribution in [3.8, 4) is 0 Å². The molecule has 0 bridgehead atoms. The molecule has 2 rings (SSSR count). The van der Waals surface area contributed by atoms with Crippen LogP contribution in [0.1, 0.15) is 25.1 Å². The molecule has 0 saturated carbocycles. The summed E-state index contributed by atoms with van der Waals surface area (Å²) in [5.74, 6) is 0.135. The molecular formula is C12H21ClN4O2S. The van der Waals surface area contributed by atoms with Gasteiger partial charge in [-0.25, -0.2) is 8.42 Å². The SMILES string of the molecule is Cc1[nH]nc(S(=O)(=O)N2CC(C)N(C)C(C)C2)c1CCl. The van der Waals surface area contributed by atoms with Crippen molar-refractivity contribution in [1.82, 2.24) is 19.4 Å². The molecule has 2 atom stereocenters. The summed E-state index contributed by atoms with van der Waals surface area (Å²) in [7, 11) is -1.58. The van der Waals surface area contributed by atoms with Gasteiger partial charge in [0.05, 0.1) is 5.88 Å². The van der Waals surface area contributed by atoms with E-state index >= 15 is 0 Å². The molecule has 2 heterocycles. The summed E-state index contributed by atoms with van der Waals surface area (Å²) in [6.07, 6.45) is 0. The van der Waals surface area contributed by atoms with Crippen LogP contribution in [0.25, 0.3) is 0 Å². The molecule has 1 aliphatic heterocycles. The summed E-state index contributed by atoms with van der Waals surface area (Å²) >= 11 is 5.85. The maximum Gasteiger partial charge on any atom is 0.262 e. The van der Waals surface area contributed by atoms with Gasteiger partial charge in [-0.3, -0.25) is 10.00 Å². The lowest BCUT2D eigenvalue weighted by Crippen LogP contribution is -2.56. The number of piperazine rings is 1. The quantitative estimate of drug-likeness (QED) is 0.849. The van der Waals surface area contributed by atoms with E-state index in [0.29, 0.717) is 24.3 Å². The number of hydrogen-bond acceptors (Lipinski definition) is 4. The van der Waals surface area contributed by atoms with Crippen LogP contribution in [0.2, 0.25) is 0 Å². The van der Waals surface area contributed by atoms with Crippen LogP contribution in [0.15, 0.2) is 5.03 Å². The van der Waals surface area contributed by atoms with Crippen molar-refractivity contribution in [2.75, 3.05) is 20.1 Å². The minimum atomic E-state index is -3.59. The molecule has 1 aliphatic rings. The molecule has 1 N–H and O–H groups in total. The molecule has 114 valence electrons. The van der Waals surface area contributed by atoms with E-state index in [1.54, 1.807) is 6.92 Å². The number of alkyl halides is 1. The average molecular weight is 321 g/mol. The highest BCUT2D eigenvalue weighted by molar-refractivity contribution is 7.89. The second kappa shape index (κ2) is 5.63. The molecule has 8 heteroatoms. The Morgan fingerprint density at radius 2 is 1.90 bits per heavy atom. The fraction of sp³-hybridized carbons (Fsp3) is 0.750. The number of rotatable bonds is 3. The van der Waals surface area contributed by atoms with Gasteiger partial charge in [0.25, 0.3) is 10.0 Å². The van der Waals surface area contributed by atoms with E-state index < -0.39 is 10.0 Å². The van der Waals surface area contributed by atoms with Crippen molar-refractivity contribution in [1.29, 1.82) is 0 Å². The Labute approximate surface area is 125 Å². The number of hydrogen-bond donors (Lipinski definition) is 1. The average Bonchev–Trinajstić information content (AvgIpc) is 2.77. The number of halogens is 1. The number of likely N-dealkylation sites (N-methyl/N-ethyl adjacent to an activating group) is 1. The van der Waals surface area contributed by atoms with E-state index in [2.05, 4.69) is 15.1 Å². The van der Waals surface area contributed by atoms with Gasteiger partial charge in [0, 0.05) is 36.4 Å². The third-order valence-corrected chi connectivity index (χ3v) is 6.15. The number of aryl methyl sites for hydroxylation is 1. The zero-order valence-corrected chi connectivity index (χ0v) is 13.8. The molecule has 0 radical (unpaired) electrons. The number of sulfonamides is 1. The molecule has 20 heavy (non-hydrogen) atoms. The third-order valence-electron chi connectivity index (χ3n) is 4.08. The normalized spacial score (nSPS) is 26.1. The third kappa shape index (κ3) is 2.59. The molecule has 1 saturated heterocycles. The van der Waals surface area contributed by atoms with Crippen molar-refractivity contribution >= 4 is 21.6 Å². The van der Waals surface area contributed by atoms with Crippen molar-refractivity contribution in [2.45, 2.75) is 43.8 Å². The van der Waals surface area contributed by atoms with Gasteiger partial charge in [-0.05, 0) is 27.8 Å². The molecule has 0 spiro atoms. The highest BCUT2D eigenvalue weighted by Crippen LogP contribution is 2.25. The molecule has 2 unspecified atom stereocenters. The highest BCUT2D eigenvalue weighted by Gasteiger charge is 2.37. The van der Waals surface area contributed by atoms with E-state index in [4.69, 9.17) is 11.6 Å². The van der Waals surface area contributed by atoms with E-state index in [0.717, 1.165) is 0 Å². The van der Waals surface area contributed by atoms with Crippen LogP contribution in [0.4, 0.5) is 0 Å². The van der Waals surface area contributed by atoms with Crippen molar-refractivity contribution in [2.24, 2.45) is 0 Å². The van der Waals surface area contributed by atoms with Crippen LogP contribution in [-0.2, 0) is 15.9 Å². The Hall–Kier alpha value is -0.630. The Morgan fingerprint density at radius 3 is 2.40 bits per heavy atom. The first-order chi connectivity index (χ1) is 9.28. The zero-order valence-electron chi connectivity index (χ0n) is 12.2. The van der Waals surface area contributed by atoms with Crippen LogP contribution < -0.4 is 0 Å². The Morgan fingerprint density at radius 1 is 1.35 bits per heavy atom. The van der Waals surface area contributed by atoms with E-state index in [-0.39, 0.29) is 23.0 Å². The minimum absolute atomic E-state index is 0.0638. The van der Waals surface area contributed by atoms with Crippen molar-refractivity contribution in [3.63, 3.8) is 0 Å². The molecule has 0 aromatic carbocycles. The highest BCUT2D eigenvalue weighted by atomic mass is 35.5. The summed E-state index contributed by atoms with van der Waals surface area (Å²) in [5, 5.41) is 6.73. The standard InChI is InChI=1S/C12H21ClN4O2S/c1-8-6-17(7-9(2)16(8)4)20(18,19)12-11(5-13)10(3)14-15-12/h8-9H,5-7H2,1-4H3,(H,14,15). The van der Waals surface area contributed by atoms with E-state index in [1.165, 1.54) is 4.31 Å². The van der Waals surface area contributed by atoms with Crippen LogP contribution in [0.3, 0.4) is 0 Å². The van der Waals surface area contributed by atoms with Gasteiger partial charge in [-0.1, -0.05) is 0 Å². The summed E-state index contributed by atoms with van der Waals surface area (Å²) < 4.78 is 27.0. The van der Waals surface area contributed by atoms with Crippen LogP contribution >= 0.6 is 11.6 Å². The van der Waals surface area contributed by atoms with Crippen LogP contribution in [-0.4, -0.2) is 60.0 Å². The van der Waals surface area contributed by atoms with Gasteiger partial charge in [0.2, 0.25) is 0 Å². The minimum Gasteiger partial charge on any atom is -0.298 e. The number of aromatic nitrogens is 2. The number of nitrogens with zero attached hydrogens (tertiary/aromatic N) is 3. The second-order valence-corrected chi connectivity index (χ2v) is 7.57. The molecule has 6 nitrogen and oxygen atoms in total. The number of H-pyrrole nitrogens is 1. The monoisotopic (exact) mass is 320 g/mol. The zero-order chi connectivity index (χ0) is 15.1. The lowest BCUT2D eigenvalue weighted by molar-refractivity contribution is 0.105. The van der Waals surface area contributed by atoms with Gasteiger partial charge in [0.15, 0.2) is 5.03 Å². The van der Waals surface area contributed by atoms with Gasteiger partial charge in [0.1, 0.15) is 0 Å². The first-order valence-electron chi connectivity index (χ1n) is 6.61. The summed E-state index contributed by atoms with van der Waals surface area (Å²) in [4.78, 5) is 2.18. The van der Waals surface area contributed by atoms with Gasteiger partial charge < -0.3 is 0 Å². The van der Waals surface area contributed by atoms with Gasteiger partial charge in [-0.2, -0.15) is 9.40 Å². The number of nitrogens with one attached hydrogen (secondary N) is 1. The first-order valence-corrected chi connectivity index (χ1v) is 8.58. The van der Waals surface area contributed by atoms with E-state index in [1.807, 2.05) is 20.9 Å². The fourth-order valence-electron chi connectivity index (χ4n) is 2.48. The molecular weight excluding hydrogens is 300 g/mol. The predicted octanol–water partition coefficient (Wildman–Crippen LogP) is 1.17. The molecule has 1 aromatic heterocycles. The van der Waals surface area contributed by atoms with Crippen LogP contribution in [0.5, 0.6) is 0 Å². The molecule has 1 aromatic rings.